The first-order valence-electron chi connectivity index (χ1n) is 12.1. The van der Waals surface area contributed by atoms with Crippen molar-refractivity contribution in [1.29, 1.82) is 0 Å². The number of amides is 3. The average molecular weight is 458 g/mol. The number of rotatable bonds is 1. The molecule has 2 bridgehead atoms. The number of carbonyl (C=O) groups excluding carboxylic acids is 3. The number of hydrogen-bond acceptors (Lipinski definition) is 4. The summed E-state index contributed by atoms with van der Waals surface area (Å²) in [5, 5.41) is 6.11. The van der Waals surface area contributed by atoms with Gasteiger partial charge in [-0.2, -0.15) is 11.8 Å². The van der Waals surface area contributed by atoms with Crippen molar-refractivity contribution in [3.8, 4) is 0 Å². The van der Waals surface area contributed by atoms with Crippen LogP contribution in [0, 0.1) is 5.92 Å². The van der Waals surface area contributed by atoms with E-state index >= 15 is 0 Å². The molecule has 3 aliphatic rings. The van der Waals surface area contributed by atoms with Crippen LogP contribution in [0.5, 0.6) is 0 Å². The first kappa shape index (κ1) is 23.1. The lowest BCUT2D eigenvalue weighted by Gasteiger charge is -2.33. The molecule has 4 rings (SSSR count). The molecule has 6 nitrogen and oxygen atoms in total. The highest BCUT2D eigenvalue weighted by Gasteiger charge is 2.36. The fraction of sp³-hybridized carbons (Fsp3) is 0.640. The number of thioether (sulfide) groups is 1. The van der Waals surface area contributed by atoms with Crippen LogP contribution in [0.1, 0.15) is 62.5 Å². The third-order valence-corrected chi connectivity index (χ3v) is 8.12. The molecule has 3 amide bonds. The Morgan fingerprint density at radius 1 is 0.938 bits per heavy atom. The van der Waals surface area contributed by atoms with E-state index in [1.165, 1.54) is 37.7 Å². The molecule has 2 fully saturated rings. The van der Waals surface area contributed by atoms with Gasteiger partial charge in [0.05, 0.1) is 13.0 Å². The lowest BCUT2D eigenvalue weighted by Crippen LogP contribution is -2.52. The molecule has 32 heavy (non-hydrogen) atoms. The molecule has 1 aliphatic carbocycles. The molecule has 2 N–H and O–H groups in total. The van der Waals surface area contributed by atoms with Gasteiger partial charge in [-0.3, -0.25) is 14.4 Å². The molecule has 174 valence electrons. The minimum atomic E-state index is -0.413. The Morgan fingerprint density at radius 2 is 1.75 bits per heavy atom. The Balaban J connectivity index is 1.51. The minimum absolute atomic E-state index is 0.0151. The lowest BCUT2D eigenvalue weighted by molar-refractivity contribution is -0.139. The van der Waals surface area contributed by atoms with Crippen LogP contribution < -0.4 is 10.6 Å². The lowest BCUT2D eigenvalue weighted by atomic mass is 9.83. The van der Waals surface area contributed by atoms with Gasteiger partial charge in [-0.1, -0.05) is 43.5 Å². The monoisotopic (exact) mass is 457 g/mol. The minimum Gasteiger partial charge on any atom is -0.351 e. The summed E-state index contributed by atoms with van der Waals surface area (Å²) in [4.78, 5) is 40.1. The summed E-state index contributed by atoms with van der Waals surface area (Å²) in [6, 6.07) is 7.91. The largest absolute Gasteiger partial charge is 0.351 e. The molecule has 0 aromatic heterocycles. The van der Waals surface area contributed by atoms with E-state index < -0.39 is 6.04 Å². The molecule has 2 unspecified atom stereocenters. The average Bonchev–Trinajstić information content (AvgIpc) is 3.30. The number of nitrogens with zero attached hydrogens (tertiary/aromatic N) is 1. The summed E-state index contributed by atoms with van der Waals surface area (Å²) in [5.41, 5.74) is 2.17. The van der Waals surface area contributed by atoms with Crippen molar-refractivity contribution in [3.05, 3.63) is 35.4 Å². The maximum absolute atomic E-state index is 13.2. The van der Waals surface area contributed by atoms with E-state index in [4.69, 9.17) is 0 Å². The fourth-order valence-electron chi connectivity index (χ4n) is 5.33. The van der Waals surface area contributed by atoms with Crippen molar-refractivity contribution in [1.82, 2.24) is 15.5 Å². The second kappa shape index (κ2) is 11.2. The van der Waals surface area contributed by atoms with E-state index in [1.54, 1.807) is 4.90 Å². The van der Waals surface area contributed by atoms with Gasteiger partial charge in [0.25, 0.3) is 0 Å². The maximum atomic E-state index is 13.2. The first-order chi connectivity index (χ1) is 15.6. The van der Waals surface area contributed by atoms with Gasteiger partial charge in [0.1, 0.15) is 6.04 Å². The Labute approximate surface area is 195 Å². The molecule has 1 aromatic carbocycles. The Kier molecular flexibility index (Phi) is 8.11. The van der Waals surface area contributed by atoms with Gasteiger partial charge >= 0.3 is 0 Å². The van der Waals surface area contributed by atoms with Crippen molar-refractivity contribution < 1.29 is 14.4 Å². The summed E-state index contributed by atoms with van der Waals surface area (Å²) in [6.07, 6.45) is 8.88. The number of hydrogen-bond donors (Lipinski definition) is 2. The molecule has 2 aliphatic heterocycles. The van der Waals surface area contributed by atoms with Crippen LogP contribution in [0.15, 0.2) is 24.3 Å². The van der Waals surface area contributed by atoms with Crippen LogP contribution in [-0.2, 0) is 26.6 Å². The molecular formula is C25H35N3O3S. The van der Waals surface area contributed by atoms with Crippen LogP contribution in [0.3, 0.4) is 0 Å². The highest BCUT2D eigenvalue weighted by atomic mass is 32.2. The van der Waals surface area contributed by atoms with Crippen LogP contribution in [-0.4, -0.2) is 53.5 Å². The second-order valence-electron chi connectivity index (χ2n) is 9.37. The third kappa shape index (κ3) is 6.06. The molecule has 1 aromatic rings. The predicted octanol–water partition coefficient (Wildman–Crippen LogP) is 3.04. The normalized spacial score (nSPS) is 26.8. The van der Waals surface area contributed by atoms with E-state index in [0.717, 1.165) is 29.9 Å². The van der Waals surface area contributed by atoms with Gasteiger partial charge in [-0.05, 0) is 54.9 Å². The number of carbonyl (C=O) groups is 3. The van der Waals surface area contributed by atoms with E-state index in [-0.39, 0.29) is 36.7 Å². The number of nitrogens with one attached hydrogen (secondary N) is 2. The first-order valence-corrected chi connectivity index (χ1v) is 13.3. The summed E-state index contributed by atoms with van der Waals surface area (Å²) in [6.45, 7) is 0.531. The number of benzene rings is 1. The maximum Gasteiger partial charge on any atom is 0.243 e. The van der Waals surface area contributed by atoms with Crippen molar-refractivity contribution in [2.24, 2.45) is 5.92 Å². The quantitative estimate of drug-likeness (QED) is 0.680. The molecule has 0 radical (unpaired) electrons. The van der Waals surface area contributed by atoms with Gasteiger partial charge in [-0.15, -0.1) is 0 Å². The molecule has 2 heterocycles. The van der Waals surface area contributed by atoms with Crippen molar-refractivity contribution in [3.63, 3.8) is 0 Å². The highest BCUT2D eigenvalue weighted by molar-refractivity contribution is 7.98. The molecule has 1 saturated heterocycles. The summed E-state index contributed by atoms with van der Waals surface area (Å²) < 4.78 is 0. The highest BCUT2D eigenvalue weighted by Crippen LogP contribution is 2.29. The standard InChI is InChI=1S/C25H35N3O3S/c29-23-15-18-6-4-7-19(14-18)17-32-13-11-21(20-8-2-1-3-9-20)27-25(31)22-10-5-12-28(22)24(30)16-26-23/h4,6-7,14,20-22H,1-3,5,8-13,15-17H2,(H,26,29)(H,27,31). The topological polar surface area (TPSA) is 78.5 Å². The molecule has 7 heteroatoms. The van der Waals surface area contributed by atoms with Gasteiger partial charge < -0.3 is 15.5 Å². The molecular weight excluding hydrogens is 422 g/mol. The third-order valence-electron chi connectivity index (χ3n) is 7.06. The van der Waals surface area contributed by atoms with Gasteiger partial charge in [0.15, 0.2) is 0 Å². The zero-order valence-electron chi connectivity index (χ0n) is 18.8. The summed E-state index contributed by atoms with van der Waals surface area (Å²) in [7, 11) is 0. The van der Waals surface area contributed by atoms with Gasteiger partial charge in [0.2, 0.25) is 17.7 Å². The smallest absolute Gasteiger partial charge is 0.243 e. The Bertz CT molecular complexity index is 824. The molecule has 2 atom stereocenters. The zero-order valence-corrected chi connectivity index (χ0v) is 19.6. The predicted molar refractivity (Wildman–Crippen MR) is 127 cm³/mol. The Morgan fingerprint density at radius 3 is 2.59 bits per heavy atom. The SMILES string of the molecule is O=C1Cc2cccc(c2)CSCCC(C2CCCCC2)NC(=O)C2CCCN2C(=O)CN1. The van der Waals surface area contributed by atoms with Crippen molar-refractivity contribution in [2.45, 2.75) is 75.6 Å². The van der Waals surface area contributed by atoms with Gasteiger partial charge in [0, 0.05) is 18.3 Å². The van der Waals surface area contributed by atoms with E-state index in [2.05, 4.69) is 22.8 Å². The van der Waals surface area contributed by atoms with Crippen LogP contribution in [0.25, 0.3) is 0 Å². The molecule has 1 saturated carbocycles. The number of fused-ring (bicyclic) bond motifs is 3. The zero-order chi connectivity index (χ0) is 22.3. The van der Waals surface area contributed by atoms with Crippen molar-refractivity contribution in [2.75, 3.05) is 18.8 Å². The van der Waals surface area contributed by atoms with Crippen LogP contribution in [0.4, 0.5) is 0 Å². The summed E-state index contributed by atoms with van der Waals surface area (Å²) >= 11 is 1.89. The van der Waals surface area contributed by atoms with Crippen molar-refractivity contribution >= 4 is 29.5 Å². The van der Waals surface area contributed by atoms with E-state index in [0.29, 0.717) is 18.9 Å². The molecule has 0 spiro atoms. The summed E-state index contributed by atoms with van der Waals surface area (Å²) in [5.74, 6) is 2.07. The Hall–Kier alpha value is -2.02. The van der Waals surface area contributed by atoms with Gasteiger partial charge in [-0.25, -0.2) is 0 Å². The fourth-order valence-corrected chi connectivity index (χ4v) is 6.31. The van der Waals surface area contributed by atoms with Crippen LogP contribution in [0.2, 0.25) is 0 Å². The van der Waals surface area contributed by atoms with E-state index in [9.17, 15) is 14.4 Å². The second-order valence-corrected chi connectivity index (χ2v) is 10.5. The van der Waals surface area contributed by atoms with E-state index in [1.807, 2.05) is 23.9 Å². The van der Waals surface area contributed by atoms with Crippen LogP contribution >= 0.6 is 11.8 Å².